The number of carbonyl (C=O) groups is 6. The molecule has 10 rings (SSSR count). The molecule has 0 bridgehead atoms. The van der Waals surface area contributed by atoms with E-state index in [1.807, 2.05) is 36.4 Å². The maximum absolute atomic E-state index is 12.5. The van der Waals surface area contributed by atoms with E-state index in [9.17, 15) is 39.0 Å². The van der Waals surface area contributed by atoms with Gasteiger partial charge in [0.25, 0.3) is 0 Å². The molecule has 4 amide bonds. The maximum atomic E-state index is 12.5. The summed E-state index contributed by atoms with van der Waals surface area (Å²) < 4.78 is 11.9. The summed E-state index contributed by atoms with van der Waals surface area (Å²) in [5.74, 6) is -4.49. The number of nitrogens with zero attached hydrogens (tertiary/aromatic N) is 6. The first-order chi connectivity index (χ1) is 33.8. The third-order valence-corrected chi connectivity index (χ3v) is 15.6. The molecule has 0 saturated carbocycles. The fourth-order valence-electron chi connectivity index (χ4n) is 9.73. The Bertz CT molecular complexity index is 2830. The zero-order chi connectivity index (χ0) is 49.1. The van der Waals surface area contributed by atoms with Gasteiger partial charge in [0.15, 0.2) is 0 Å². The van der Waals surface area contributed by atoms with Gasteiger partial charge in [-0.1, -0.05) is 71.7 Å². The van der Waals surface area contributed by atoms with Gasteiger partial charge in [0.05, 0.1) is 57.1 Å². The second-order valence-electron chi connectivity index (χ2n) is 17.6. The summed E-state index contributed by atoms with van der Waals surface area (Å²) in [7, 11) is 0. The fourth-order valence-corrected chi connectivity index (χ4v) is 11.9. The molecular formula is C50H48CaCl2N8O8S2. The van der Waals surface area contributed by atoms with Crippen LogP contribution in [0.15, 0.2) is 72.8 Å². The van der Waals surface area contributed by atoms with E-state index in [1.54, 1.807) is 12.1 Å². The van der Waals surface area contributed by atoms with Crippen LogP contribution in [-0.4, -0.2) is 144 Å². The van der Waals surface area contributed by atoms with Gasteiger partial charge in [0.1, 0.15) is 0 Å². The first kappa shape index (κ1) is 52.9. The van der Waals surface area contributed by atoms with Crippen molar-refractivity contribution in [2.24, 2.45) is 0 Å². The van der Waals surface area contributed by atoms with Crippen LogP contribution in [0, 0.1) is 0 Å². The van der Waals surface area contributed by atoms with Crippen molar-refractivity contribution in [2.45, 2.75) is 63.5 Å². The molecule has 2 aromatic heterocycles. The average Bonchev–Trinajstić information content (AvgIpc) is 4.13. The minimum atomic E-state index is -1.32. The largest absolute Gasteiger partial charge is 2.00 e. The maximum Gasteiger partial charge on any atom is 2.00 e. The van der Waals surface area contributed by atoms with Crippen LogP contribution in [0.4, 0.5) is 11.4 Å². The van der Waals surface area contributed by atoms with Gasteiger partial charge < -0.3 is 30.4 Å². The number of carboxylic acid groups (broad SMARTS) is 2. The molecule has 2 atom stereocenters. The second-order valence-corrected chi connectivity index (χ2v) is 20.1. The Morgan fingerprint density at radius 2 is 1.03 bits per heavy atom. The molecule has 0 radical (unpaired) electrons. The number of carbonyl (C=O) groups excluding carboxylic acids is 6. The van der Waals surface area contributed by atoms with E-state index < -0.39 is 36.6 Å². The number of amides is 4. The molecule has 0 aliphatic carbocycles. The predicted molar refractivity (Wildman–Crippen MR) is 271 cm³/mol. The summed E-state index contributed by atoms with van der Waals surface area (Å²) in [4.78, 5) is 78.3. The molecule has 6 aromatic rings. The molecular weight excluding hydrogens is 1020 g/mol. The smallest absolute Gasteiger partial charge is 0.550 e. The van der Waals surface area contributed by atoms with Gasteiger partial charge in [0, 0.05) is 98.0 Å². The first-order valence-corrected chi connectivity index (χ1v) is 25.5. The SMILES string of the molecule is O=C([O-])CCC(=O)N1C(=O)Cc2cc(CCN3CCNCC3c3nsc4ccccc34)c(Cl)cc21.O=C([O-])CCC(=O)N1C(=O)Cc2cc(CCN3CCNCC3c3nsc4ccccc34)c(Cl)cc21.[Ca+2]. The number of fused-ring (bicyclic) bond motifs is 4. The molecule has 2 fully saturated rings. The monoisotopic (exact) mass is 1060 g/mol. The number of piperazine rings is 2. The summed E-state index contributed by atoms with van der Waals surface area (Å²) in [5, 5.41) is 31.7. The zero-order valence-corrected chi connectivity index (χ0v) is 44.0. The van der Waals surface area contributed by atoms with E-state index in [4.69, 9.17) is 31.9 Å². The summed E-state index contributed by atoms with van der Waals surface area (Å²) in [5.41, 5.74) is 6.38. The van der Waals surface area contributed by atoms with Crippen molar-refractivity contribution in [3.8, 4) is 0 Å². The van der Waals surface area contributed by atoms with Crippen LogP contribution in [-0.2, 0) is 54.5 Å². The number of nitrogens with one attached hydrogen (secondary N) is 2. The van der Waals surface area contributed by atoms with Gasteiger partial charge in [-0.2, -0.15) is 8.75 Å². The van der Waals surface area contributed by atoms with E-state index in [-0.39, 0.29) is 87.3 Å². The number of hydrogen-bond acceptors (Lipinski definition) is 16. The minimum absolute atomic E-state index is 0. The van der Waals surface area contributed by atoms with Gasteiger partial charge in [0.2, 0.25) is 23.6 Å². The Hall–Kier alpha value is -4.44. The van der Waals surface area contributed by atoms with E-state index in [1.165, 1.54) is 43.2 Å². The Morgan fingerprint density at radius 3 is 1.44 bits per heavy atom. The Kier molecular flexibility index (Phi) is 17.6. The first-order valence-electron chi connectivity index (χ1n) is 23.2. The molecule has 4 aliphatic rings. The summed E-state index contributed by atoms with van der Waals surface area (Å²) in [6, 6.07) is 24.0. The molecule has 4 aliphatic heterocycles. The van der Waals surface area contributed by atoms with Crippen LogP contribution < -0.4 is 30.6 Å². The summed E-state index contributed by atoms with van der Waals surface area (Å²) in [6.45, 7) is 6.77. The molecule has 2 N–H and O–H groups in total. The molecule has 21 heteroatoms. The van der Waals surface area contributed by atoms with Crippen molar-refractivity contribution in [3.05, 3.63) is 116 Å². The molecule has 364 valence electrons. The van der Waals surface area contributed by atoms with Crippen molar-refractivity contribution in [3.63, 3.8) is 0 Å². The van der Waals surface area contributed by atoms with Crippen molar-refractivity contribution in [1.29, 1.82) is 0 Å². The van der Waals surface area contributed by atoms with Crippen molar-refractivity contribution < 1.29 is 39.0 Å². The van der Waals surface area contributed by atoms with Gasteiger partial charge in [-0.3, -0.25) is 29.0 Å². The number of rotatable bonds is 14. The van der Waals surface area contributed by atoms with Gasteiger partial charge >= 0.3 is 37.7 Å². The standard InChI is InChI=1S/2C25H25ClN4O4S.Ca/c2*26-18-13-19-16(12-23(32)30(19)22(31)5-6-24(33)34)11-15(18)7-9-29-10-8-27-14-20(29)25-17-3-1-2-4-21(17)35-28-25;/h2*1-4,11,13,20,27H,5-10,12,14H2,(H,33,34);/q;;+2/p-2. The van der Waals surface area contributed by atoms with Crippen LogP contribution in [0.25, 0.3) is 20.2 Å². The molecule has 0 spiro atoms. The summed E-state index contributed by atoms with van der Waals surface area (Å²) >= 11 is 16.2. The van der Waals surface area contributed by atoms with E-state index >= 15 is 0 Å². The predicted octanol–water partition coefficient (Wildman–Crippen LogP) is 3.79. The Morgan fingerprint density at radius 1 is 0.620 bits per heavy atom. The number of benzene rings is 4. The van der Waals surface area contributed by atoms with Crippen LogP contribution in [0.2, 0.25) is 10.0 Å². The van der Waals surface area contributed by atoms with E-state index in [2.05, 4.69) is 44.7 Å². The Labute approximate surface area is 457 Å². The molecule has 6 heterocycles. The van der Waals surface area contributed by atoms with E-state index in [0.717, 1.165) is 95.8 Å². The van der Waals surface area contributed by atoms with Crippen LogP contribution in [0.1, 0.15) is 71.4 Å². The third kappa shape index (κ3) is 11.8. The minimum Gasteiger partial charge on any atom is -0.550 e. The van der Waals surface area contributed by atoms with Gasteiger partial charge in [-0.15, -0.1) is 0 Å². The second kappa shape index (κ2) is 23.6. The quantitative estimate of drug-likeness (QED) is 0.149. The molecule has 4 aromatic carbocycles. The number of aromatic nitrogens is 2. The van der Waals surface area contributed by atoms with Gasteiger partial charge in [-0.05, 0) is 95.3 Å². The van der Waals surface area contributed by atoms with Crippen molar-refractivity contribution in [1.82, 2.24) is 29.2 Å². The molecule has 16 nitrogen and oxygen atoms in total. The zero-order valence-electron chi connectivity index (χ0n) is 38.6. The molecule has 2 saturated heterocycles. The van der Waals surface area contributed by atoms with Crippen LogP contribution >= 0.6 is 46.3 Å². The van der Waals surface area contributed by atoms with Gasteiger partial charge in [-0.25, -0.2) is 9.80 Å². The third-order valence-electron chi connectivity index (χ3n) is 13.2. The summed E-state index contributed by atoms with van der Waals surface area (Å²) in [6.07, 6.45) is 0.142. The number of carboxylic acids is 2. The number of halogens is 2. The average molecular weight is 1060 g/mol. The fraction of sp³-hybridized carbons (Fsp3) is 0.360. The van der Waals surface area contributed by atoms with Crippen LogP contribution in [0.3, 0.4) is 0 Å². The number of anilines is 2. The van der Waals surface area contributed by atoms with Crippen LogP contribution in [0.5, 0.6) is 0 Å². The number of imide groups is 2. The van der Waals surface area contributed by atoms with E-state index in [0.29, 0.717) is 34.3 Å². The van der Waals surface area contributed by atoms with Crippen molar-refractivity contribution in [2.75, 3.05) is 62.2 Å². The van der Waals surface area contributed by atoms with Crippen molar-refractivity contribution >= 4 is 151 Å². The molecule has 2 unspecified atom stereocenters. The Balaban J connectivity index is 0.000000188. The normalized spacial score (nSPS) is 18.0. The topological polar surface area (TPSA) is 211 Å². The number of hydrogen-bond donors (Lipinski definition) is 2. The number of aliphatic carboxylic acids is 2. The molecule has 71 heavy (non-hydrogen) atoms.